The van der Waals surface area contributed by atoms with Crippen molar-refractivity contribution in [1.29, 1.82) is 0 Å². The molecule has 0 saturated carbocycles. The third kappa shape index (κ3) is 63.8. The van der Waals surface area contributed by atoms with Crippen LogP contribution in [-0.4, -0.2) is 37.2 Å². The van der Waals surface area contributed by atoms with E-state index in [9.17, 15) is 14.4 Å². The van der Waals surface area contributed by atoms with Crippen molar-refractivity contribution in [2.75, 3.05) is 13.2 Å². The van der Waals surface area contributed by atoms with Crippen LogP contribution >= 0.6 is 0 Å². The zero-order valence-corrected chi connectivity index (χ0v) is 51.5. The van der Waals surface area contributed by atoms with Crippen molar-refractivity contribution in [2.24, 2.45) is 0 Å². The maximum atomic E-state index is 12.9. The molecule has 0 radical (unpaired) electrons. The first-order valence-electron chi connectivity index (χ1n) is 33.8. The minimum absolute atomic E-state index is 0.0683. The average Bonchev–Trinajstić information content (AvgIpc) is 3.43. The maximum Gasteiger partial charge on any atom is 0.306 e. The van der Waals surface area contributed by atoms with Crippen LogP contribution in [0.1, 0.15) is 355 Å². The Bertz CT molecular complexity index is 1380. The number of hydrogen-bond acceptors (Lipinski definition) is 6. The molecule has 0 aromatic rings. The van der Waals surface area contributed by atoms with Crippen LogP contribution in [0, 0.1) is 0 Å². The van der Waals surface area contributed by atoms with E-state index in [1.54, 1.807) is 0 Å². The molecule has 0 rings (SSSR count). The molecule has 77 heavy (non-hydrogen) atoms. The van der Waals surface area contributed by atoms with Gasteiger partial charge >= 0.3 is 17.9 Å². The first-order chi connectivity index (χ1) is 38.0. The second-order valence-electron chi connectivity index (χ2n) is 22.7. The van der Waals surface area contributed by atoms with E-state index >= 15 is 0 Å². The number of rotatable bonds is 62. The lowest BCUT2D eigenvalue weighted by molar-refractivity contribution is -0.167. The van der Waals surface area contributed by atoms with Gasteiger partial charge in [0.25, 0.3) is 0 Å². The summed E-state index contributed by atoms with van der Waals surface area (Å²) in [5.74, 6) is -0.853. The van der Waals surface area contributed by atoms with Crippen LogP contribution in [0.2, 0.25) is 0 Å². The third-order valence-corrected chi connectivity index (χ3v) is 15.0. The monoisotopic (exact) mass is 1080 g/mol. The Hall–Kier alpha value is -2.89. The summed E-state index contributed by atoms with van der Waals surface area (Å²) in [6.07, 6.45) is 84.1. The number of carbonyl (C=O) groups is 3. The van der Waals surface area contributed by atoms with Crippen molar-refractivity contribution in [3.05, 3.63) is 60.8 Å². The van der Waals surface area contributed by atoms with Gasteiger partial charge in [-0.3, -0.25) is 14.4 Å². The topological polar surface area (TPSA) is 78.9 Å². The molecule has 448 valence electrons. The quantitative estimate of drug-likeness (QED) is 0.0261. The summed E-state index contributed by atoms with van der Waals surface area (Å²) in [4.78, 5) is 38.1. The van der Waals surface area contributed by atoms with Crippen LogP contribution in [-0.2, 0) is 28.6 Å². The first-order valence-corrected chi connectivity index (χ1v) is 33.8. The van der Waals surface area contributed by atoms with E-state index in [0.29, 0.717) is 19.3 Å². The molecule has 0 aliphatic rings. The van der Waals surface area contributed by atoms with E-state index in [0.717, 1.165) is 89.9 Å². The Labute approximate surface area is 479 Å². The minimum atomic E-state index is -0.768. The summed E-state index contributed by atoms with van der Waals surface area (Å²) in [6, 6.07) is 0. The molecule has 0 saturated heterocycles. The number of unbranched alkanes of at least 4 members (excludes halogenated alkanes) is 41. The van der Waals surface area contributed by atoms with E-state index in [1.165, 1.54) is 225 Å². The van der Waals surface area contributed by atoms with Gasteiger partial charge in [-0.1, -0.05) is 332 Å². The molecule has 0 spiro atoms. The molecular formula is C71H128O6. The van der Waals surface area contributed by atoms with E-state index in [4.69, 9.17) is 14.2 Å². The predicted molar refractivity (Wildman–Crippen MR) is 335 cm³/mol. The van der Waals surface area contributed by atoms with Crippen molar-refractivity contribution < 1.29 is 28.6 Å². The summed E-state index contributed by atoms with van der Waals surface area (Å²) < 4.78 is 16.9. The highest BCUT2D eigenvalue weighted by molar-refractivity contribution is 5.71. The van der Waals surface area contributed by atoms with Gasteiger partial charge in [0, 0.05) is 19.3 Å². The standard InChI is InChI=1S/C71H128O6/c1-4-7-10-13-16-18-20-22-24-26-28-30-31-32-33-34-35-36-37-38-39-41-42-44-46-48-50-52-55-58-61-64-70(73)76-67-68(66-75-69(72)63-60-57-54-15-12-9-6-3)77-71(74)65-62-59-56-53-51-49-47-45-43-40-29-27-25-23-21-19-17-14-11-8-5-2/h7,10,16,18,22,24,28,30,32-33,68H,4-6,8-9,11-15,17,19-21,23,25-27,29,31,34-67H2,1-3H3/b10-7-,18-16-,24-22-,30-28-,33-32-. The first kappa shape index (κ1) is 74.1. The fourth-order valence-corrected chi connectivity index (χ4v) is 10.0. The number of allylic oxidation sites excluding steroid dienone is 10. The van der Waals surface area contributed by atoms with Gasteiger partial charge in [-0.15, -0.1) is 0 Å². The van der Waals surface area contributed by atoms with Gasteiger partial charge < -0.3 is 14.2 Å². The van der Waals surface area contributed by atoms with Gasteiger partial charge in [0.15, 0.2) is 6.10 Å². The van der Waals surface area contributed by atoms with Crippen LogP contribution in [0.4, 0.5) is 0 Å². The van der Waals surface area contributed by atoms with Crippen molar-refractivity contribution in [3.63, 3.8) is 0 Å². The molecule has 0 aromatic carbocycles. The van der Waals surface area contributed by atoms with Gasteiger partial charge in [-0.05, 0) is 64.2 Å². The summed E-state index contributed by atoms with van der Waals surface area (Å²) in [5.41, 5.74) is 0. The van der Waals surface area contributed by atoms with E-state index in [2.05, 4.69) is 81.5 Å². The normalized spacial score (nSPS) is 12.4. The predicted octanol–water partition coefficient (Wildman–Crippen LogP) is 23.1. The summed E-state index contributed by atoms with van der Waals surface area (Å²) in [5, 5.41) is 0. The molecule has 0 aliphatic heterocycles. The molecule has 1 unspecified atom stereocenters. The summed E-state index contributed by atoms with van der Waals surface area (Å²) in [6.45, 7) is 6.54. The van der Waals surface area contributed by atoms with Crippen LogP contribution in [0.15, 0.2) is 60.8 Å². The molecular weight excluding hydrogens is 949 g/mol. The molecule has 1 atom stereocenters. The van der Waals surface area contributed by atoms with E-state index < -0.39 is 6.10 Å². The minimum Gasteiger partial charge on any atom is -0.462 e. The number of carbonyl (C=O) groups excluding carboxylic acids is 3. The highest BCUT2D eigenvalue weighted by atomic mass is 16.6. The van der Waals surface area contributed by atoms with Crippen molar-refractivity contribution in [3.8, 4) is 0 Å². The smallest absolute Gasteiger partial charge is 0.306 e. The Morgan fingerprint density at radius 1 is 0.273 bits per heavy atom. The van der Waals surface area contributed by atoms with Crippen molar-refractivity contribution in [2.45, 2.75) is 361 Å². The number of ether oxygens (including phenoxy) is 3. The summed E-state index contributed by atoms with van der Waals surface area (Å²) in [7, 11) is 0. The Kier molecular flexibility index (Phi) is 63.2. The Morgan fingerprint density at radius 3 is 0.792 bits per heavy atom. The highest BCUT2D eigenvalue weighted by Crippen LogP contribution is 2.18. The van der Waals surface area contributed by atoms with Crippen LogP contribution < -0.4 is 0 Å². The molecule has 0 aromatic heterocycles. The third-order valence-electron chi connectivity index (χ3n) is 15.0. The number of hydrogen-bond donors (Lipinski definition) is 0. The lowest BCUT2D eigenvalue weighted by atomic mass is 10.0. The molecule has 6 heteroatoms. The number of esters is 3. The van der Waals surface area contributed by atoms with E-state index in [-0.39, 0.29) is 31.1 Å². The fourth-order valence-electron chi connectivity index (χ4n) is 10.0. The van der Waals surface area contributed by atoms with Crippen molar-refractivity contribution in [1.82, 2.24) is 0 Å². The van der Waals surface area contributed by atoms with E-state index in [1.807, 2.05) is 0 Å². The lowest BCUT2D eigenvalue weighted by Crippen LogP contribution is -2.30. The van der Waals surface area contributed by atoms with Gasteiger partial charge in [0.2, 0.25) is 0 Å². The molecule has 0 N–H and O–H groups in total. The molecule has 0 heterocycles. The largest absolute Gasteiger partial charge is 0.462 e. The molecule has 6 nitrogen and oxygen atoms in total. The zero-order valence-electron chi connectivity index (χ0n) is 51.5. The lowest BCUT2D eigenvalue weighted by Gasteiger charge is -2.18. The van der Waals surface area contributed by atoms with Gasteiger partial charge in [-0.25, -0.2) is 0 Å². The fraction of sp³-hybridized carbons (Fsp3) is 0.817. The van der Waals surface area contributed by atoms with Crippen LogP contribution in [0.3, 0.4) is 0 Å². The summed E-state index contributed by atoms with van der Waals surface area (Å²) >= 11 is 0. The Morgan fingerprint density at radius 2 is 0.506 bits per heavy atom. The van der Waals surface area contributed by atoms with Gasteiger partial charge in [0.1, 0.15) is 13.2 Å². The SMILES string of the molecule is CC/C=C\C/C=C\C/C=C\C/C=C\C/C=C\CCCCCCCCCCCCCCCCCC(=O)OCC(COC(=O)CCCCCCCCC)OC(=O)CCCCCCCCCCCCCCCCCCCCCCC. The zero-order chi connectivity index (χ0) is 55.7. The second kappa shape index (κ2) is 65.6. The molecule has 0 bridgehead atoms. The van der Waals surface area contributed by atoms with Crippen LogP contribution in [0.25, 0.3) is 0 Å². The van der Waals surface area contributed by atoms with Gasteiger partial charge in [-0.2, -0.15) is 0 Å². The van der Waals surface area contributed by atoms with Crippen LogP contribution in [0.5, 0.6) is 0 Å². The van der Waals surface area contributed by atoms with Gasteiger partial charge in [0.05, 0.1) is 0 Å². The molecule has 0 fully saturated rings. The molecule has 0 aliphatic carbocycles. The Balaban J connectivity index is 4.04. The van der Waals surface area contributed by atoms with Crippen molar-refractivity contribution >= 4 is 17.9 Å². The highest BCUT2D eigenvalue weighted by Gasteiger charge is 2.19. The maximum absolute atomic E-state index is 12.9. The molecule has 0 amide bonds. The average molecular weight is 1080 g/mol. The second-order valence-corrected chi connectivity index (χ2v) is 22.7.